The SMILES string of the molecule is CC(=O)c1sc(N(C(=O)c2ccn(CC(=O)O)n2)C2CC2)nc1C. The van der Waals surface area contributed by atoms with Crippen LogP contribution in [0.1, 0.15) is 45.6 Å². The van der Waals surface area contributed by atoms with Crippen LogP contribution in [0.25, 0.3) is 0 Å². The molecule has 1 aliphatic carbocycles. The summed E-state index contributed by atoms with van der Waals surface area (Å²) in [5.41, 5.74) is 0.776. The van der Waals surface area contributed by atoms with Crippen molar-refractivity contribution in [3.63, 3.8) is 0 Å². The van der Waals surface area contributed by atoms with Gasteiger partial charge in [0.2, 0.25) is 0 Å². The van der Waals surface area contributed by atoms with Crippen LogP contribution in [0.15, 0.2) is 12.3 Å². The van der Waals surface area contributed by atoms with E-state index in [-0.39, 0.29) is 30.0 Å². The van der Waals surface area contributed by atoms with Gasteiger partial charge in [0, 0.05) is 19.2 Å². The number of nitrogens with zero attached hydrogens (tertiary/aromatic N) is 4. The smallest absolute Gasteiger partial charge is 0.325 e. The molecule has 1 amide bonds. The summed E-state index contributed by atoms with van der Waals surface area (Å²) in [6.07, 6.45) is 3.20. The molecule has 3 rings (SSSR count). The Balaban J connectivity index is 1.89. The van der Waals surface area contributed by atoms with Gasteiger partial charge >= 0.3 is 5.97 Å². The molecule has 126 valence electrons. The Morgan fingerprint density at radius 2 is 2.12 bits per heavy atom. The molecule has 2 aromatic rings. The highest BCUT2D eigenvalue weighted by molar-refractivity contribution is 7.17. The van der Waals surface area contributed by atoms with Crippen LogP contribution in [0.4, 0.5) is 5.13 Å². The number of aliphatic carboxylic acids is 1. The first-order chi connectivity index (χ1) is 11.4. The van der Waals surface area contributed by atoms with Crippen LogP contribution < -0.4 is 4.90 Å². The molecule has 0 radical (unpaired) electrons. The molecule has 1 saturated carbocycles. The summed E-state index contributed by atoms with van der Waals surface area (Å²) in [5, 5.41) is 13.3. The number of Topliss-reactive ketones (excluding diaryl/α,β-unsaturated/α-hetero) is 1. The number of carboxylic acids is 1. The normalized spacial score (nSPS) is 13.8. The second-order valence-corrected chi connectivity index (χ2v) is 6.64. The van der Waals surface area contributed by atoms with Gasteiger partial charge in [-0.1, -0.05) is 11.3 Å². The average molecular weight is 348 g/mol. The van der Waals surface area contributed by atoms with Gasteiger partial charge in [-0.15, -0.1) is 0 Å². The zero-order valence-corrected chi connectivity index (χ0v) is 14.0. The third-order valence-electron chi connectivity index (χ3n) is 3.60. The fourth-order valence-electron chi connectivity index (χ4n) is 2.38. The first kappa shape index (κ1) is 16.3. The van der Waals surface area contributed by atoms with Crippen LogP contribution in [0.2, 0.25) is 0 Å². The van der Waals surface area contributed by atoms with E-state index in [1.165, 1.54) is 35.2 Å². The zero-order chi connectivity index (χ0) is 17.4. The number of hydrogen-bond donors (Lipinski definition) is 1. The molecule has 24 heavy (non-hydrogen) atoms. The second-order valence-electron chi connectivity index (χ2n) is 5.67. The Bertz CT molecular complexity index is 821. The van der Waals surface area contributed by atoms with E-state index in [1.807, 2.05) is 0 Å². The van der Waals surface area contributed by atoms with Crippen molar-refractivity contribution in [2.45, 2.75) is 39.3 Å². The lowest BCUT2D eigenvalue weighted by Crippen LogP contribution is -2.33. The Morgan fingerprint density at radius 1 is 1.42 bits per heavy atom. The van der Waals surface area contributed by atoms with Crippen molar-refractivity contribution in [3.05, 3.63) is 28.5 Å². The quantitative estimate of drug-likeness (QED) is 0.797. The summed E-state index contributed by atoms with van der Waals surface area (Å²) in [7, 11) is 0. The van der Waals surface area contributed by atoms with Gasteiger partial charge in [-0.2, -0.15) is 5.10 Å². The maximum Gasteiger partial charge on any atom is 0.325 e. The number of rotatable bonds is 6. The topological polar surface area (TPSA) is 105 Å². The molecule has 0 atom stereocenters. The molecule has 2 aromatic heterocycles. The van der Waals surface area contributed by atoms with Crippen molar-refractivity contribution in [1.29, 1.82) is 0 Å². The fraction of sp³-hybridized carbons (Fsp3) is 0.400. The summed E-state index contributed by atoms with van der Waals surface area (Å²) >= 11 is 1.20. The number of thiazole rings is 1. The highest BCUT2D eigenvalue weighted by Crippen LogP contribution is 2.36. The standard InChI is InChI=1S/C15H16N4O4S/c1-8-13(9(2)20)24-15(16-8)19(10-3-4-10)14(23)11-5-6-18(17-11)7-12(21)22/h5-6,10H,3-4,7H2,1-2H3,(H,21,22). The van der Waals surface area contributed by atoms with Gasteiger partial charge in [0.15, 0.2) is 16.6 Å². The molecular weight excluding hydrogens is 332 g/mol. The van der Waals surface area contributed by atoms with E-state index in [2.05, 4.69) is 10.1 Å². The molecule has 2 heterocycles. The Morgan fingerprint density at radius 3 is 2.67 bits per heavy atom. The minimum Gasteiger partial charge on any atom is -0.480 e. The van der Waals surface area contributed by atoms with Gasteiger partial charge in [0.05, 0.1) is 10.6 Å². The fourth-order valence-corrected chi connectivity index (χ4v) is 3.41. The summed E-state index contributed by atoms with van der Waals surface area (Å²) < 4.78 is 1.20. The number of aryl methyl sites for hydroxylation is 1. The lowest BCUT2D eigenvalue weighted by atomic mass is 10.3. The van der Waals surface area contributed by atoms with E-state index < -0.39 is 5.97 Å². The lowest BCUT2D eigenvalue weighted by Gasteiger charge is -2.17. The van der Waals surface area contributed by atoms with Gasteiger partial charge in [-0.05, 0) is 25.8 Å². The van der Waals surface area contributed by atoms with Crippen molar-refractivity contribution in [1.82, 2.24) is 14.8 Å². The number of hydrogen-bond acceptors (Lipinski definition) is 6. The van der Waals surface area contributed by atoms with E-state index in [4.69, 9.17) is 5.11 Å². The van der Waals surface area contributed by atoms with Crippen LogP contribution in [0.5, 0.6) is 0 Å². The number of amides is 1. The molecule has 1 fully saturated rings. The highest BCUT2D eigenvalue weighted by atomic mass is 32.1. The van der Waals surface area contributed by atoms with Crippen molar-refractivity contribution in [2.75, 3.05) is 4.90 Å². The third kappa shape index (κ3) is 3.21. The largest absolute Gasteiger partial charge is 0.480 e. The predicted molar refractivity (Wildman–Crippen MR) is 86.5 cm³/mol. The Kier molecular flexibility index (Phi) is 4.18. The Labute approximate surface area is 141 Å². The first-order valence-corrected chi connectivity index (χ1v) is 8.25. The summed E-state index contributed by atoms with van der Waals surface area (Å²) in [6, 6.07) is 1.54. The molecule has 9 heteroatoms. The van der Waals surface area contributed by atoms with Crippen LogP contribution in [-0.4, -0.2) is 43.6 Å². The number of ketones is 1. The number of carbonyl (C=O) groups excluding carboxylic acids is 2. The van der Waals surface area contributed by atoms with E-state index in [0.717, 1.165) is 12.8 Å². The molecule has 0 spiro atoms. The van der Waals surface area contributed by atoms with E-state index in [9.17, 15) is 14.4 Å². The monoisotopic (exact) mass is 348 g/mol. The molecule has 0 unspecified atom stereocenters. The molecule has 0 aromatic carbocycles. The van der Waals surface area contributed by atoms with Gasteiger partial charge in [-0.3, -0.25) is 24.0 Å². The van der Waals surface area contributed by atoms with Gasteiger partial charge in [0.25, 0.3) is 5.91 Å². The maximum atomic E-state index is 12.8. The lowest BCUT2D eigenvalue weighted by molar-refractivity contribution is -0.137. The van der Waals surface area contributed by atoms with Crippen LogP contribution >= 0.6 is 11.3 Å². The van der Waals surface area contributed by atoms with Gasteiger partial charge in [0.1, 0.15) is 6.54 Å². The van der Waals surface area contributed by atoms with Gasteiger partial charge in [-0.25, -0.2) is 4.98 Å². The summed E-state index contributed by atoms with van der Waals surface area (Å²) in [6.45, 7) is 2.91. The van der Waals surface area contributed by atoms with Crippen LogP contribution in [-0.2, 0) is 11.3 Å². The van der Waals surface area contributed by atoms with E-state index in [0.29, 0.717) is 15.7 Å². The number of carbonyl (C=O) groups is 3. The van der Waals surface area contributed by atoms with Crippen molar-refractivity contribution < 1.29 is 19.5 Å². The number of anilines is 1. The second kappa shape index (κ2) is 6.16. The van der Waals surface area contributed by atoms with Crippen molar-refractivity contribution >= 4 is 34.1 Å². The van der Waals surface area contributed by atoms with E-state index in [1.54, 1.807) is 11.8 Å². The summed E-state index contributed by atoms with van der Waals surface area (Å²) in [5.74, 6) is -1.44. The first-order valence-electron chi connectivity index (χ1n) is 7.44. The third-order valence-corrected chi connectivity index (χ3v) is 4.86. The minimum atomic E-state index is -1.03. The summed E-state index contributed by atoms with van der Waals surface area (Å²) in [4.78, 5) is 41.6. The zero-order valence-electron chi connectivity index (χ0n) is 13.2. The van der Waals surface area contributed by atoms with Crippen LogP contribution in [0.3, 0.4) is 0 Å². The van der Waals surface area contributed by atoms with E-state index >= 15 is 0 Å². The molecule has 8 nitrogen and oxygen atoms in total. The molecule has 0 saturated heterocycles. The minimum absolute atomic E-state index is 0.0486. The van der Waals surface area contributed by atoms with Crippen molar-refractivity contribution in [3.8, 4) is 0 Å². The maximum absolute atomic E-state index is 12.8. The number of carboxylic acid groups (broad SMARTS) is 1. The van der Waals surface area contributed by atoms with Crippen LogP contribution in [0, 0.1) is 6.92 Å². The van der Waals surface area contributed by atoms with Crippen molar-refractivity contribution in [2.24, 2.45) is 0 Å². The predicted octanol–water partition coefficient (Wildman–Crippen LogP) is 1.74. The molecule has 1 aliphatic rings. The molecule has 0 aliphatic heterocycles. The molecule has 0 bridgehead atoms. The molecular formula is C15H16N4O4S. The highest BCUT2D eigenvalue weighted by Gasteiger charge is 2.37. The molecule has 1 N–H and O–H groups in total. The Hall–Kier alpha value is -2.55. The average Bonchev–Trinajstić information content (AvgIpc) is 3.08. The number of aromatic nitrogens is 3. The van der Waals surface area contributed by atoms with Gasteiger partial charge < -0.3 is 5.11 Å².